The molecule has 0 aliphatic rings. The van der Waals surface area contributed by atoms with Gasteiger partial charge in [0.25, 0.3) is 0 Å². The van der Waals surface area contributed by atoms with Crippen LogP contribution in [0.25, 0.3) is 0 Å². The van der Waals surface area contributed by atoms with Crippen molar-refractivity contribution in [3.8, 4) is 18.1 Å². The summed E-state index contributed by atoms with van der Waals surface area (Å²) in [6.07, 6.45) is 6.71. The minimum Gasteiger partial charge on any atom is -0.480 e. The smallest absolute Gasteiger partial charge is 0.250 e. The van der Waals surface area contributed by atoms with E-state index in [-0.39, 0.29) is 18.3 Å². The van der Waals surface area contributed by atoms with E-state index in [1.165, 1.54) is 18.0 Å². The Morgan fingerprint density at radius 1 is 1.29 bits per heavy atom. The van der Waals surface area contributed by atoms with Crippen molar-refractivity contribution in [2.75, 3.05) is 12.4 Å². The number of thioether (sulfide) groups is 1. The van der Waals surface area contributed by atoms with Crippen LogP contribution in [0.5, 0.6) is 5.75 Å². The Balaban J connectivity index is 1.84. The van der Waals surface area contributed by atoms with E-state index in [0.717, 1.165) is 10.5 Å². The molecule has 2 aromatic carbocycles. The van der Waals surface area contributed by atoms with Crippen molar-refractivity contribution >= 4 is 35.5 Å². The van der Waals surface area contributed by atoms with Crippen LogP contribution in [0.4, 0.5) is 0 Å². The van der Waals surface area contributed by atoms with Gasteiger partial charge in [0, 0.05) is 15.5 Å². The van der Waals surface area contributed by atoms with Crippen LogP contribution in [0.1, 0.15) is 5.56 Å². The first-order valence-electron chi connectivity index (χ1n) is 7.04. The summed E-state index contributed by atoms with van der Waals surface area (Å²) in [6, 6.07) is 14.6. The van der Waals surface area contributed by atoms with E-state index in [1.54, 1.807) is 18.2 Å². The molecule has 0 aliphatic carbocycles. The molecule has 0 saturated heterocycles. The Labute approximate surface area is 150 Å². The van der Waals surface area contributed by atoms with Crippen LogP contribution in [-0.2, 0) is 4.79 Å². The van der Waals surface area contributed by atoms with Crippen molar-refractivity contribution in [1.82, 2.24) is 5.43 Å². The quantitative estimate of drug-likeness (QED) is 0.356. The number of nitrogens with zero attached hydrogens (tertiary/aromatic N) is 1. The third kappa shape index (κ3) is 5.99. The summed E-state index contributed by atoms with van der Waals surface area (Å²) in [5.41, 5.74) is 3.22. The van der Waals surface area contributed by atoms with Gasteiger partial charge in [-0.15, -0.1) is 18.2 Å². The standard InChI is InChI=1S/C18H15ClN2O2S/c1-2-11-23-17-6-4-3-5-14(17)12-20-21-18(22)13-24-16-9-7-15(19)8-10-16/h1,3-10,12H,11,13H2,(H,21,22)/b20-12-. The number of amides is 1. The lowest BCUT2D eigenvalue weighted by atomic mass is 10.2. The summed E-state index contributed by atoms with van der Waals surface area (Å²) in [4.78, 5) is 12.8. The van der Waals surface area contributed by atoms with Crippen molar-refractivity contribution in [2.24, 2.45) is 5.10 Å². The van der Waals surface area contributed by atoms with E-state index in [9.17, 15) is 4.79 Å². The number of hydrogen-bond donors (Lipinski definition) is 1. The highest BCUT2D eigenvalue weighted by molar-refractivity contribution is 8.00. The van der Waals surface area contributed by atoms with Crippen LogP contribution in [-0.4, -0.2) is 24.5 Å². The Bertz CT molecular complexity index is 754. The molecule has 2 rings (SSSR count). The number of carbonyl (C=O) groups excluding carboxylic acids is 1. The van der Waals surface area contributed by atoms with Gasteiger partial charge in [-0.1, -0.05) is 29.7 Å². The highest BCUT2D eigenvalue weighted by atomic mass is 35.5. The largest absolute Gasteiger partial charge is 0.480 e. The minimum absolute atomic E-state index is 0.176. The highest BCUT2D eigenvalue weighted by Gasteiger charge is 2.03. The third-order valence-corrected chi connectivity index (χ3v) is 4.07. The van der Waals surface area contributed by atoms with Gasteiger partial charge < -0.3 is 4.74 Å². The number of ether oxygens (including phenoxy) is 1. The molecule has 0 fully saturated rings. The summed E-state index contributed by atoms with van der Waals surface area (Å²) in [6.45, 7) is 0.176. The van der Waals surface area contributed by atoms with Crippen molar-refractivity contribution in [2.45, 2.75) is 4.90 Å². The number of rotatable bonds is 7. The molecular weight excluding hydrogens is 344 g/mol. The van der Waals surface area contributed by atoms with Gasteiger partial charge in [-0.25, -0.2) is 5.43 Å². The number of para-hydroxylation sites is 1. The molecule has 6 heteroatoms. The molecule has 0 atom stereocenters. The van der Waals surface area contributed by atoms with Gasteiger partial charge in [0.05, 0.1) is 12.0 Å². The molecule has 2 aromatic rings. The average molecular weight is 359 g/mol. The van der Waals surface area contributed by atoms with Gasteiger partial charge in [0.2, 0.25) is 5.91 Å². The van der Waals surface area contributed by atoms with Crippen LogP contribution < -0.4 is 10.2 Å². The second-order valence-electron chi connectivity index (χ2n) is 4.57. The Kier molecular flexibility index (Phi) is 7.21. The number of halogens is 1. The first kappa shape index (κ1) is 17.9. The van der Waals surface area contributed by atoms with E-state index in [4.69, 9.17) is 22.8 Å². The second-order valence-corrected chi connectivity index (χ2v) is 6.05. The summed E-state index contributed by atoms with van der Waals surface area (Å²) >= 11 is 7.22. The van der Waals surface area contributed by atoms with Gasteiger partial charge in [-0.2, -0.15) is 5.10 Å². The molecule has 24 heavy (non-hydrogen) atoms. The molecule has 0 radical (unpaired) electrons. The van der Waals surface area contributed by atoms with Crippen LogP contribution in [0.15, 0.2) is 58.5 Å². The first-order chi connectivity index (χ1) is 11.7. The molecular formula is C18H15ClN2O2S. The number of benzene rings is 2. The van der Waals surface area contributed by atoms with Gasteiger partial charge in [0.15, 0.2) is 0 Å². The summed E-state index contributed by atoms with van der Waals surface area (Å²) in [5.74, 6) is 3.08. The van der Waals surface area contributed by atoms with Crippen molar-refractivity contribution < 1.29 is 9.53 Å². The van der Waals surface area contributed by atoms with Gasteiger partial charge in [-0.3, -0.25) is 4.79 Å². The maximum Gasteiger partial charge on any atom is 0.250 e. The van der Waals surface area contributed by atoms with Crippen LogP contribution >= 0.6 is 23.4 Å². The molecule has 122 valence electrons. The van der Waals surface area contributed by atoms with Gasteiger partial charge >= 0.3 is 0 Å². The SMILES string of the molecule is C#CCOc1ccccc1/C=N\NC(=O)CSc1ccc(Cl)cc1. The predicted octanol–water partition coefficient (Wildman–Crippen LogP) is 3.59. The van der Waals surface area contributed by atoms with E-state index in [1.807, 2.05) is 30.3 Å². The number of carbonyl (C=O) groups is 1. The van der Waals surface area contributed by atoms with Crippen LogP contribution in [0.2, 0.25) is 5.02 Å². The minimum atomic E-state index is -0.201. The van der Waals surface area contributed by atoms with E-state index < -0.39 is 0 Å². The summed E-state index contributed by atoms with van der Waals surface area (Å²) in [7, 11) is 0. The zero-order valence-electron chi connectivity index (χ0n) is 12.7. The zero-order valence-corrected chi connectivity index (χ0v) is 14.3. The predicted molar refractivity (Wildman–Crippen MR) is 98.7 cm³/mol. The normalized spacial score (nSPS) is 10.3. The molecule has 0 aliphatic heterocycles. The molecule has 4 nitrogen and oxygen atoms in total. The number of terminal acetylenes is 1. The van der Waals surface area contributed by atoms with E-state index >= 15 is 0 Å². The molecule has 0 aromatic heterocycles. The Morgan fingerprint density at radius 3 is 2.79 bits per heavy atom. The van der Waals surface area contributed by atoms with Crippen LogP contribution in [0, 0.1) is 12.3 Å². The summed E-state index contributed by atoms with van der Waals surface area (Å²) in [5, 5.41) is 4.61. The number of nitrogens with one attached hydrogen (secondary N) is 1. The molecule has 0 bridgehead atoms. The van der Waals surface area contributed by atoms with Crippen molar-refractivity contribution in [1.29, 1.82) is 0 Å². The fraction of sp³-hybridized carbons (Fsp3) is 0.111. The number of hydrazone groups is 1. The Hall–Kier alpha value is -2.42. The van der Waals surface area contributed by atoms with Crippen molar-refractivity contribution in [3.05, 3.63) is 59.1 Å². The lowest BCUT2D eigenvalue weighted by molar-refractivity contribution is -0.118. The van der Waals surface area contributed by atoms with E-state index in [2.05, 4.69) is 16.4 Å². The Morgan fingerprint density at radius 2 is 2.04 bits per heavy atom. The maximum absolute atomic E-state index is 11.8. The highest BCUT2D eigenvalue weighted by Crippen LogP contribution is 2.20. The summed E-state index contributed by atoms with van der Waals surface area (Å²) < 4.78 is 5.40. The van der Waals surface area contributed by atoms with Crippen LogP contribution in [0.3, 0.4) is 0 Å². The third-order valence-electron chi connectivity index (χ3n) is 2.81. The molecule has 0 spiro atoms. The molecule has 0 unspecified atom stereocenters. The fourth-order valence-corrected chi connectivity index (χ4v) is 2.54. The molecule has 1 amide bonds. The monoisotopic (exact) mass is 358 g/mol. The lowest BCUT2D eigenvalue weighted by Crippen LogP contribution is -2.19. The fourth-order valence-electron chi connectivity index (χ4n) is 1.72. The van der Waals surface area contributed by atoms with E-state index in [0.29, 0.717) is 10.8 Å². The molecule has 1 N–H and O–H groups in total. The topological polar surface area (TPSA) is 50.7 Å². The zero-order chi connectivity index (χ0) is 17.2. The molecule has 0 saturated carbocycles. The average Bonchev–Trinajstić information content (AvgIpc) is 2.60. The number of hydrogen-bond acceptors (Lipinski definition) is 4. The van der Waals surface area contributed by atoms with Gasteiger partial charge in [-0.05, 0) is 36.4 Å². The van der Waals surface area contributed by atoms with Gasteiger partial charge in [0.1, 0.15) is 12.4 Å². The maximum atomic E-state index is 11.8. The molecule has 0 heterocycles. The first-order valence-corrected chi connectivity index (χ1v) is 8.41. The second kappa shape index (κ2) is 9.66. The lowest BCUT2D eigenvalue weighted by Gasteiger charge is -2.05. The van der Waals surface area contributed by atoms with Crippen molar-refractivity contribution in [3.63, 3.8) is 0 Å².